The molecule has 200 valence electrons. The number of hydrogen-bond donors (Lipinski definition) is 1. The van der Waals surface area contributed by atoms with Crippen molar-refractivity contribution in [1.82, 2.24) is 0 Å². The third-order valence-electron chi connectivity index (χ3n) is 12.5. The average molecular weight is 491 g/mol. The maximum atomic E-state index is 11.5. The van der Waals surface area contributed by atoms with Gasteiger partial charge in [0.15, 0.2) is 5.79 Å². The van der Waals surface area contributed by atoms with Crippen LogP contribution in [0.1, 0.15) is 92.4 Å². The molecule has 0 radical (unpaired) electrons. The first kappa shape index (κ1) is 25.1. The molecule has 1 spiro atoms. The molecule has 2 aliphatic heterocycles. The van der Waals surface area contributed by atoms with Gasteiger partial charge in [0.2, 0.25) is 0 Å². The molecule has 0 amide bonds. The van der Waals surface area contributed by atoms with Crippen LogP contribution in [0.3, 0.4) is 0 Å². The van der Waals surface area contributed by atoms with Gasteiger partial charge in [-0.1, -0.05) is 27.7 Å². The third-order valence-corrected chi connectivity index (χ3v) is 12.5. The van der Waals surface area contributed by atoms with Crippen LogP contribution in [0.15, 0.2) is 0 Å². The van der Waals surface area contributed by atoms with Gasteiger partial charge in [0.25, 0.3) is 0 Å². The van der Waals surface area contributed by atoms with Gasteiger partial charge in [0.1, 0.15) is 6.79 Å². The van der Waals surface area contributed by atoms with Crippen molar-refractivity contribution in [2.45, 2.75) is 117 Å². The van der Waals surface area contributed by atoms with E-state index in [4.69, 9.17) is 18.9 Å². The lowest BCUT2D eigenvalue weighted by atomic mass is 9.43. The highest BCUT2D eigenvalue weighted by molar-refractivity contribution is 5.16. The first-order valence-corrected chi connectivity index (χ1v) is 14.9. The van der Waals surface area contributed by atoms with Crippen molar-refractivity contribution < 1.29 is 24.1 Å². The molecule has 4 saturated carbocycles. The van der Waals surface area contributed by atoms with E-state index in [0.29, 0.717) is 60.4 Å². The van der Waals surface area contributed by atoms with Crippen LogP contribution in [-0.4, -0.2) is 49.2 Å². The standard InChI is InChI=1S/C30H50O5/c1-6-32-17-33-20-8-10-28(4)22-9-11-29(5)23(21(22)14-25(31)24(28)13-20)15-26-27(29)19(3)30(35-26)12-7-18(2)16-34-30/h18-27,31H,6-17H2,1-5H3/t18-,19+,20+,21-,22+,23+,24-,25+,26+,27+,28-,29+,30-/m1/s1. The van der Waals surface area contributed by atoms with E-state index in [1.165, 1.54) is 32.1 Å². The molecule has 2 heterocycles. The number of aliphatic hydroxyl groups is 1. The number of rotatable bonds is 4. The Hall–Kier alpha value is -0.200. The third kappa shape index (κ3) is 3.72. The molecule has 13 atom stereocenters. The summed E-state index contributed by atoms with van der Waals surface area (Å²) in [5.41, 5.74) is 0.533. The van der Waals surface area contributed by atoms with Crippen molar-refractivity contribution in [3.63, 3.8) is 0 Å². The molecular formula is C30H50O5. The van der Waals surface area contributed by atoms with Gasteiger partial charge in [-0.2, -0.15) is 0 Å². The molecule has 6 fully saturated rings. The van der Waals surface area contributed by atoms with E-state index in [0.717, 1.165) is 38.2 Å². The van der Waals surface area contributed by atoms with Crippen molar-refractivity contribution in [3.05, 3.63) is 0 Å². The molecule has 0 aromatic rings. The van der Waals surface area contributed by atoms with Crippen molar-refractivity contribution in [3.8, 4) is 0 Å². The first-order chi connectivity index (χ1) is 16.7. The fraction of sp³-hybridized carbons (Fsp3) is 1.00. The second kappa shape index (κ2) is 8.93. The summed E-state index contributed by atoms with van der Waals surface area (Å²) in [5, 5.41) is 11.5. The predicted octanol–water partition coefficient (Wildman–Crippen LogP) is 5.78. The highest BCUT2D eigenvalue weighted by Crippen LogP contribution is 2.71. The molecule has 0 aromatic heterocycles. The van der Waals surface area contributed by atoms with Gasteiger partial charge >= 0.3 is 0 Å². The zero-order chi connectivity index (χ0) is 24.6. The van der Waals surface area contributed by atoms with E-state index >= 15 is 0 Å². The number of fused-ring (bicyclic) bond motifs is 7. The van der Waals surface area contributed by atoms with Crippen molar-refractivity contribution in [2.75, 3.05) is 20.0 Å². The lowest BCUT2D eigenvalue weighted by molar-refractivity contribution is -0.273. The Morgan fingerprint density at radius 3 is 2.46 bits per heavy atom. The van der Waals surface area contributed by atoms with E-state index in [9.17, 15) is 5.11 Å². The zero-order valence-electron chi connectivity index (χ0n) is 22.8. The summed E-state index contributed by atoms with van der Waals surface area (Å²) in [6.07, 6.45) is 10.6. The zero-order valence-corrected chi connectivity index (χ0v) is 22.8. The Balaban J connectivity index is 1.20. The number of hydrogen-bond acceptors (Lipinski definition) is 5. The molecule has 4 aliphatic carbocycles. The SMILES string of the molecule is CCOCO[C@H]1CC[C@@]2(C)[C@H](C1)[C@@H](O)C[C@@H]1[C@@H]2CC[C@]2(C)[C@@H]3[C@H](C[C@@H]12)O[C@]1(CC[C@@H](C)CO1)[C@H]3C. The van der Waals surface area contributed by atoms with Crippen LogP contribution >= 0.6 is 0 Å². The lowest BCUT2D eigenvalue weighted by Crippen LogP contribution is -2.59. The van der Waals surface area contributed by atoms with E-state index in [-0.39, 0.29) is 23.4 Å². The molecule has 2 saturated heterocycles. The Kier molecular flexibility index (Phi) is 6.41. The molecule has 0 unspecified atom stereocenters. The fourth-order valence-corrected chi connectivity index (χ4v) is 10.7. The Bertz CT molecular complexity index is 779. The monoisotopic (exact) mass is 490 g/mol. The summed E-state index contributed by atoms with van der Waals surface area (Å²) < 4.78 is 24.9. The molecule has 6 aliphatic rings. The number of ether oxygens (including phenoxy) is 4. The van der Waals surface area contributed by atoms with E-state index < -0.39 is 0 Å². The lowest BCUT2D eigenvalue weighted by Gasteiger charge is -2.62. The van der Waals surface area contributed by atoms with Gasteiger partial charge in [-0.25, -0.2) is 0 Å². The number of aliphatic hydroxyl groups excluding tert-OH is 1. The van der Waals surface area contributed by atoms with Crippen LogP contribution in [0.25, 0.3) is 0 Å². The molecule has 35 heavy (non-hydrogen) atoms. The fourth-order valence-electron chi connectivity index (χ4n) is 10.7. The van der Waals surface area contributed by atoms with E-state index in [1.807, 2.05) is 6.92 Å². The average Bonchev–Trinajstić information content (AvgIpc) is 3.27. The van der Waals surface area contributed by atoms with Crippen LogP contribution in [0.5, 0.6) is 0 Å². The summed E-state index contributed by atoms with van der Waals surface area (Å²) in [4.78, 5) is 0. The highest BCUT2D eigenvalue weighted by atomic mass is 16.7. The Morgan fingerprint density at radius 2 is 1.71 bits per heavy atom. The van der Waals surface area contributed by atoms with Gasteiger partial charge in [-0.05, 0) is 105 Å². The molecule has 0 aromatic carbocycles. The van der Waals surface area contributed by atoms with Crippen LogP contribution < -0.4 is 0 Å². The van der Waals surface area contributed by atoms with Gasteiger partial charge < -0.3 is 24.1 Å². The van der Waals surface area contributed by atoms with Crippen LogP contribution in [-0.2, 0) is 18.9 Å². The highest BCUT2D eigenvalue weighted by Gasteiger charge is 2.69. The summed E-state index contributed by atoms with van der Waals surface area (Å²) in [7, 11) is 0. The van der Waals surface area contributed by atoms with Crippen molar-refractivity contribution in [1.29, 1.82) is 0 Å². The van der Waals surface area contributed by atoms with Crippen LogP contribution in [0, 0.1) is 52.3 Å². The first-order valence-electron chi connectivity index (χ1n) is 14.9. The quantitative estimate of drug-likeness (QED) is 0.400. The second-order valence-corrected chi connectivity index (χ2v) is 14.0. The summed E-state index contributed by atoms with van der Waals surface area (Å²) in [6, 6.07) is 0. The second-order valence-electron chi connectivity index (χ2n) is 14.0. The topological polar surface area (TPSA) is 57.2 Å². The molecule has 0 bridgehead atoms. The predicted molar refractivity (Wildman–Crippen MR) is 134 cm³/mol. The van der Waals surface area contributed by atoms with Crippen LogP contribution in [0.4, 0.5) is 0 Å². The molecule has 5 nitrogen and oxygen atoms in total. The summed E-state index contributed by atoms with van der Waals surface area (Å²) >= 11 is 0. The van der Waals surface area contributed by atoms with Gasteiger partial charge in [0, 0.05) is 18.9 Å². The van der Waals surface area contributed by atoms with Gasteiger partial charge in [0.05, 0.1) is 24.9 Å². The van der Waals surface area contributed by atoms with Crippen LogP contribution in [0.2, 0.25) is 0 Å². The maximum Gasteiger partial charge on any atom is 0.171 e. The molecule has 5 heteroatoms. The Labute approximate surface area is 213 Å². The van der Waals surface area contributed by atoms with Gasteiger partial charge in [-0.3, -0.25) is 0 Å². The van der Waals surface area contributed by atoms with Crippen molar-refractivity contribution >= 4 is 0 Å². The summed E-state index contributed by atoms with van der Waals surface area (Å²) in [6.45, 7) is 13.8. The molecular weight excluding hydrogens is 440 g/mol. The molecule has 1 N–H and O–H groups in total. The molecule has 6 rings (SSSR count). The largest absolute Gasteiger partial charge is 0.393 e. The Morgan fingerprint density at radius 1 is 0.914 bits per heavy atom. The summed E-state index contributed by atoms with van der Waals surface area (Å²) in [5.74, 6) is 3.72. The van der Waals surface area contributed by atoms with Gasteiger partial charge in [-0.15, -0.1) is 0 Å². The van der Waals surface area contributed by atoms with Crippen molar-refractivity contribution in [2.24, 2.45) is 52.3 Å². The minimum Gasteiger partial charge on any atom is -0.393 e. The van der Waals surface area contributed by atoms with E-state index in [1.54, 1.807) is 0 Å². The minimum atomic E-state index is -0.338. The van der Waals surface area contributed by atoms with E-state index in [2.05, 4.69) is 27.7 Å². The minimum absolute atomic E-state index is 0.213. The normalized spacial score (nSPS) is 57.4. The maximum absolute atomic E-state index is 11.5. The smallest absolute Gasteiger partial charge is 0.171 e.